The molecule has 0 bridgehead atoms. The minimum atomic E-state index is -0.0601. The second-order valence-electron chi connectivity index (χ2n) is 3.17. The quantitative estimate of drug-likeness (QED) is 0.727. The van der Waals surface area contributed by atoms with Crippen LogP contribution in [0.3, 0.4) is 0 Å². The molecule has 2 nitrogen and oxygen atoms in total. The van der Waals surface area contributed by atoms with Gasteiger partial charge in [-0.05, 0) is 30.0 Å². The Balaban J connectivity index is 2.69. The molecule has 0 radical (unpaired) electrons. The number of fused-ring (bicyclic) bond motifs is 1. The van der Waals surface area contributed by atoms with Crippen LogP contribution in [-0.4, -0.2) is 4.98 Å². The van der Waals surface area contributed by atoms with Crippen LogP contribution in [0.1, 0.15) is 12.5 Å². The molecule has 2 heteroatoms. The lowest BCUT2D eigenvalue weighted by Crippen LogP contribution is -2.02. The van der Waals surface area contributed by atoms with E-state index in [-0.39, 0.29) is 5.56 Å². The fraction of sp³-hybridized carbons (Fsp3) is 0.0833. The van der Waals surface area contributed by atoms with Crippen LogP contribution in [0.4, 0.5) is 0 Å². The van der Waals surface area contributed by atoms with E-state index in [1.54, 1.807) is 0 Å². The molecule has 14 heavy (non-hydrogen) atoms. The molecule has 0 saturated heterocycles. The van der Waals surface area contributed by atoms with Gasteiger partial charge < -0.3 is 4.98 Å². The van der Waals surface area contributed by atoms with E-state index in [4.69, 9.17) is 0 Å². The zero-order chi connectivity index (χ0) is 9.97. The van der Waals surface area contributed by atoms with Gasteiger partial charge in [0.2, 0.25) is 5.56 Å². The maximum Gasteiger partial charge on any atom is 0.248 e. The van der Waals surface area contributed by atoms with Crippen LogP contribution in [0.15, 0.2) is 41.2 Å². The van der Waals surface area contributed by atoms with Gasteiger partial charge in [0.1, 0.15) is 0 Å². The SMILES string of the molecule is CC=Cc1ccc2ccc(=O)[nH]c2c1. The highest BCUT2D eigenvalue weighted by molar-refractivity contribution is 5.80. The first-order valence-corrected chi connectivity index (χ1v) is 4.55. The molecule has 2 aromatic rings. The summed E-state index contributed by atoms with van der Waals surface area (Å²) in [5.41, 5.74) is 1.92. The van der Waals surface area contributed by atoms with Crippen molar-refractivity contribution < 1.29 is 0 Å². The van der Waals surface area contributed by atoms with Gasteiger partial charge >= 0.3 is 0 Å². The summed E-state index contributed by atoms with van der Waals surface area (Å²) >= 11 is 0. The molecule has 1 heterocycles. The molecule has 0 saturated carbocycles. The van der Waals surface area contributed by atoms with Crippen LogP contribution in [0, 0.1) is 0 Å². The Morgan fingerprint density at radius 3 is 2.79 bits per heavy atom. The predicted octanol–water partition coefficient (Wildman–Crippen LogP) is 2.56. The third kappa shape index (κ3) is 1.59. The van der Waals surface area contributed by atoms with Gasteiger partial charge in [0.05, 0.1) is 0 Å². The lowest BCUT2D eigenvalue weighted by molar-refractivity contribution is 1.31. The van der Waals surface area contributed by atoms with Crippen LogP contribution in [0.2, 0.25) is 0 Å². The maximum atomic E-state index is 11.1. The molecule has 0 aliphatic carbocycles. The number of benzene rings is 1. The average Bonchev–Trinajstić information content (AvgIpc) is 2.17. The molecule has 0 aliphatic heterocycles. The van der Waals surface area contributed by atoms with Crippen LogP contribution < -0.4 is 5.56 Å². The number of rotatable bonds is 1. The third-order valence-corrected chi connectivity index (χ3v) is 2.11. The van der Waals surface area contributed by atoms with E-state index in [0.717, 1.165) is 16.5 Å². The Morgan fingerprint density at radius 2 is 2.00 bits per heavy atom. The maximum absolute atomic E-state index is 11.1. The molecule has 0 amide bonds. The second-order valence-corrected chi connectivity index (χ2v) is 3.17. The van der Waals surface area contributed by atoms with Crippen molar-refractivity contribution >= 4 is 17.0 Å². The molecule has 70 valence electrons. The number of allylic oxidation sites excluding steroid dienone is 1. The van der Waals surface area contributed by atoms with Gasteiger partial charge in [0.15, 0.2) is 0 Å². The first-order valence-electron chi connectivity index (χ1n) is 4.55. The van der Waals surface area contributed by atoms with E-state index < -0.39 is 0 Å². The van der Waals surface area contributed by atoms with Crippen LogP contribution in [0.25, 0.3) is 17.0 Å². The number of hydrogen-bond donors (Lipinski definition) is 1. The summed E-state index contributed by atoms with van der Waals surface area (Å²) in [5.74, 6) is 0. The highest BCUT2D eigenvalue weighted by Crippen LogP contribution is 2.12. The molecule has 0 aliphatic rings. The fourth-order valence-electron chi connectivity index (χ4n) is 1.46. The Kier molecular flexibility index (Phi) is 2.19. The molecular weight excluding hydrogens is 174 g/mol. The van der Waals surface area contributed by atoms with Gasteiger partial charge in [-0.2, -0.15) is 0 Å². The molecule has 0 fully saturated rings. The summed E-state index contributed by atoms with van der Waals surface area (Å²) in [6.45, 7) is 1.97. The summed E-state index contributed by atoms with van der Waals surface area (Å²) in [5, 5.41) is 1.05. The summed E-state index contributed by atoms with van der Waals surface area (Å²) in [6, 6.07) is 9.36. The van der Waals surface area contributed by atoms with Crippen molar-refractivity contribution in [3.63, 3.8) is 0 Å². The smallest absolute Gasteiger partial charge is 0.248 e. The number of hydrogen-bond acceptors (Lipinski definition) is 1. The van der Waals surface area contributed by atoms with E-state index >= 15 is 0 Å². The minimum absolute atomic E-state index is 0.0601. The fourth-order valence-corrected chi connectivity index (χ4v) is 1.46. The monoisotopic (exact) mass is 185 g/mol. The van der Waals surface area contributed by atoms with Gasteiger partial charge in [-0.3, -0.25) is 4.79 Å². The molecular formula is C12H11NO. The summed E-state index contributed by atoms with van der Waals surface area (Å²) in [7, 11) is 0. The highest BCUT2D eigenvalue weighted by Gasteiger charge is 1.94. The van der Waals surface area contributed by atoms with Crippen molar-refractivity contribution in [2.75, 3.05) is 0 Å². The zero-order valence-corrected chi connectivity index (χ0v) is 7.95. The Bertz CT molecular complexity index is 537. The largest absolute Gasteiger partial charge is 0.322 e. The number of H-pyrrole nitrogens is 1. The van der Waals surface area contributed by atoms with Crippen LogP contribution in [-0.2, 0) is 0 Å². The van der Waals surface area contributed by atoms with Crippen molar-refractivity contribution in [1.82, 2.24) is 4.98 Å². The molecule has 1 N–H and O–H groups in total. The van der Waals surface area contributed by atoms with E-state index in [0.29, 0.717) is 0 Å². The van der Waals surface area contributed by atoms with Gasteiger partial charge in [-0.25, -0.2) is 0 Å². The number of aromatic amines is 1. The highest BCUT2D eigenvalue weighted by atomic mass is 16.1. The molecule has 2 rings (SSSR count). The Labute approximate surface area is 81.9 Å². The summed E-state index contributed by atoms with van der Waals surface area (Å²) in [6.07, 6.45) is 3.98. The van der Waals surface area contributed by atoms with Crippen molar-refractivity contribution in [3.8, 4) is 0 Å². The van der Waals surface area contributed by atoms with Gasteiger partial charge in [-0.1, -0.05) is 24.3 Å². The van der Waals surface area contributed by atoms with Crippen molar-refractivity contribution in [3.05, 3.63) is 52.3 Å². The molecule has 1 aromatic carbocycles. The molecule has 1 aromatic heterocycles. The Morgan fingerprint density at radius 1 is 1.21 bits per heavy atom. The van der Waals surface area contributed by atoms with Gasteiger partial charge in [-0.15, -0.1) is 0 Å². The van der Waals surface area contributed by atoms with E-state index in [9.17, 15) is 4.79 Å². The third-order valence-electron chi connectivity index (χ3n) is 2.11. The van der Waals surface area contributed by atoms with E-state index in [2.05, 4.69) is 4.98 Å². The van der Waals surface area contributed by atoms with Crippen molar-refractivity contribution in [2.24, 2.45) is 0 Å². The number of nitrogens with one attached hydrogen (secondary N) is 1. The van der Waals surface area contributed by atoms with Gasteiger partial charge in [0, 0.05) is 11.6 Å². The lowest BCUT2D eigenvalue weighted by Gasteiger charge is -1.98. The topological polar surface area (TPSA) is 32.9 Å². The van der Waals surface area contributed by atoms with E-state index in [1.807, 2.05) is 43.3 Å². The number of pyridine rings is 1. The first-order chi connectivity index (χ1) is 6.79. The average molecular weight is 185 g/mol. The molecule has 0 unspecified atom stereocenters. The van der Waals surface area contributed by atoms with Crippen LogP contribution in [0.5, 0.6) is 0 Å². The Hall–Kier alpha value is -1.83. The van der Waals surface area contributed by atoms with Crippen molar-refractivity contribution in [1.29, 1.82) is 0 Å². The summed E-state index contributed by atoms with van der Waals surface area (Å²) < 4.78 is 0. The second kappa shape index (κ2) is 3.50. The standard InChI is InChI=1S/C12H11NO/c1-2-3-9-4-5-10-6-7-12(14)13-11(10)8-9/h2-8H,1H3,(H,13,14). The lowest BCUT2D eigenvalue weighted by atomic mass is 10.1. The minimum Gasteiger partial charge on any atom is -0.322 e. The van der Waals surface area contributed by atoms with Crippen LogP contribution >= 0.6 is 0 Å². The van der Waals surface area contributed by atoms with Gasteiger partial charge in [0.25, 0.3) is 0 Å². The van der Waals surface area contributed by atoms with Crippen molar-refractivity contribution in [2.45, 2.75) is 6.92 Å². The van der Waals surface area contributed by atoms with E-state index in [1.165, 1.54) is 6.07 Å². The normalized spacial score (nSPS) is 11.2. The predicted molar refractivity (Wildman–Crippen MR) is 59.3 cm³/mol. The zero-order valence-electron chi connectivity index (χ0n) is 7.95. The number of aromatic nitrogens is 1. The molecule has 0 atom stereocenters. The molecule has 0 spiro atoms. The summed E-state index contributed by atoms with van der Waals surface area (Å²) in [4.78, 5) is 13.9. The first kappa shape index (κ1) is 8.75.